The molecule has 3 rings (SSSR count). The molecule has 0 spiro atoms. The van der Waals surface area contributed by atoms with Crippen molar-refractivity contribution in [3.8, 4) is 11.8 Å². The van der Waals surface area contributed by atoms with Crippen molar-refractivity contribution >= 4 is 35.2 Å². The highest BCUT2D eigenvalue weighted by Crippen LogP contribution is 2.24. The molecule has 0 unspecified atom stereocenters. The Morgan fingerprint density at radius 3 is 2.48 bits per heavy atom. The number of likely N-dealkylation sites (N-methyl/N-ethyl adjacent to an activating group) is 1. The second-order valence-electron chi connectivity index (χ2n) is 6.19. The third-order valence-electron chi connectivity index (χ3n) is 4.53. The van der Waals surface area contributed by atoms with E-state index in [0.717, 1.165) is 22.6 Å². The zero-order valence-electron chi connectivity index (χ0n) is 15.2. The molecule has 136 valence electrons. The standard InChI is InChI=1S/C20H18N4O2S/c1-4-23-19(26)17(18(25)22-20(23)27)10-15-9-12(2)24(13(15)3)16-7-5-14(11-21)6-8-16/h5-10H,4H2,1-3H3,(H,22,25,27)/b17-10+. The molecule has 2 amide bonds. The average molecular weight is 378 g/mol. The quantitative estimate of drug-likeness (QED) is 0.506. The summed E-state index contributed by atoms with van der Waals surface area (Å²) in [4.78, 5) is 26.2. The van der Waals surface area contributed by atoms with E-state index >= 15 is 0 Å². The van der Waals surface area contributed by atoms with Crippen LogP contribution in [0.2, 0.25) is 0 Å². The van der Waals surface area contributed by atoms with Crippen molar-refractivity contribution in [3.05, 3.63) is 58.4 Å². The van der Waals surface area contributed by atoms with Gasteiger partial charge >= 0.3 is 0 Å². The van der Waals surface area contributed by atoms with E-state index in [1.807, 2.05) is 36.6 Å². The Kier molecular flexibility index (Phi) is 4.93. The first-order valence-corrected chi connectivity index (χ1v) is 8.86. The summed E-state index contributed by atoms with van der Waals surface area (Å²) in [6, 6.07) is 11.3. The first-order valence-electron chi connectivity index (χ1n) is 8.45. The summed E-state index contributed by atoms with van der Waals surface area (Å²) >= 11 is 5.05. The van der Waals surface area contributed by atoms with Gasteiger partial charge in [-0.3, -0.25) is 19.8 Å². The van der Waals surface area contributed by atoms with Crippen LogP contribution in [0.15, 0.2) is 35.9 Å². The molecule has 0 bridgehead atoms. The predicted molar refractivity (Wildman–Crippen MR) is 106 cm³/mol. The number of nitrogens with one attached hydrogen (secondary N) is 1. The topological polar surface area (TPSA) is 78.1 Å². The van der Waals surface area contributed by atoms with Gasteiger partial charge in [-0.2, -0.15) is 5.26 Å². The zero-order valence-corrected chi connectivity index (χ0v) is 16.1. The highest BCUT2D eigenvalue weighted by molar-refractivity contribution is 7.80. The molecule has 1 aromatic heterocycles. The summed E-state index contributed by atoms with van der Waals surface area (Å²) in [6.07, 6.45) is 1.60. The van der Waals surface area contributed by atoms with Crippen molar-refractivity contribution in [2.45, 2.75) is 20.8 Å². The number of carbonyl (C=O) groups is 2. The predicted octanol–water partition coefficient (Wildman–Crippen LogP) is 2.61. The SMILES string of the molecule is CCN1C(=O)/C(=C/c2cc(C)n(-c3ccc(C#N)cc3)c2C)C(=O)NC1=S. The Labute approximate surface area is 162 Å². The van der Waals surface area contributed by atoms with Crippen molar-refractivity contribution in [3.63, 3.8) is 0 Å². The summed E-state index contributed by atoms with van der Waals surface area (Å²) in [5, 5.41) is 11.6. The van der Waals surface area contributed by atoms with E-state index in [9.17, 15) is 9.59 Å². The molecule has 27 heavy (non-hydrogen) atoms. The summed E-state index contributed by atoms with van der Waals surface area (Å²) < 4.78 is 2.01. The lowest BCUT2D eigenvalue weighted by molar-refractivity contribution is -0.128. The van der Waals surface area contributed by atoms with Gasteiger partial charge in [0.1, 0.15) is 5.57 Å². The number of nitriles is 1. The number of carbonyl (C=O) groups excluding carboxylic acids is 2. The summed E-state index contributed by atoms with van der Waals surface area (Å²) in [5.41, 5.74) is 4.18. The zero-order chi connectivity index (χ0) is 19.7. The Morgan fingerprint density at radius 2 is 1.89 bits per heavy atom. The minimum absolute atomic E-state index is 0.0607. The molecule has 2 heterocycles. The van der Waals surface area contributed by atoms with Crippen molar-refractivity contribution in [2.24, 2.45) is 0 Å². The van der Waals surface area contributed by atoms with E-state index in [1.165, 1.54) is 4.90 Å². The van der Waals surface area contributed by atoms with Crippen LogP contribution in [0.5, 0.6) is 0 Å². The van der Waals surface area contributed by atoms with Gasteiger partial charge < -0.3 is 4.57 Å². The van der Waals surface area contributed by atoms with E-state index in [-0.39, 0.29) is 10.7 Å². The van der Waals surface area contributed by atoms with E-state index in [0.29, 0.717) is 12.1 Å². The van der Waals surface area contributed by atoms with Crippen LogP contribution in [0.4, 0.5) is 0 Å². The number of amides is 2. The van der Waals surface area contributed by atoms with Crippen LogP contribution in [0, 0.1) is 25.2 Å². The van der Waals surface area contributed by atoms with Crippen molar-refractivity contribution < 1.29 is 9.59 Å². The maximum atomic E-state index is 12.6. The van der Waals surface area contributed by atoms with Crippen LogP contribution >= 0.6 is 12.2 Å². The summed E-state index contributed by atoms with van der Waals surface area (Å²) in [5.74, 6) is -0.882. The highest BCUT2D eigenvalue weighted by Gasteiger charge is 2.32. The lowest BCUT2D eigenvalue weighted by Crippen LogP contribution is -2.53. The normalized spacial score (nSPS) is 15.9. The monoisotopic (exact) mass is 378 g/mol. The second-order valence-corrected chi connectivity index (χ2v) is 6.57. The Morgan fingerprint density at radius 1 is 1.22 bits per heavy atom. The largest absolute Gasteiger partial charge is 0.318 e. The van der Waals surface area contributed by atoms with E-state index < -0.39 is 11.8 Å². The number of hydrogen-bond acceptors (Lipinski definition) is 4. The number of benzene rings is 1. The summed E-state index contributed by atoms with van der Waals surface area (Å²) in [6.45, 7) is 6.06. The molecule has 1 aliphatic rings. The Hall–Kier alpha value is -3.24. The molecule has 0 saturated carbocycles. The van der Waals surface area contributed by atoms with Gasteiger partial charge in [0, 0.05) is 23.6 Å². The fraction of sp³-hybridized carbons (Fsp3) is 0.200. The molecule has 0 aliphatic carbocycles. The molecule has 2 aromatic rings. The second kappa shape index (κ2) is 7.17. The van der Waals surface area contributed by atoms with Gasteiger partial charge in [0.15, 0.2) is 5.11 Å². The molecular weight excluding hydrogens is 360 g/mol. The van der Waals surface area contributed by atoms with Gasteiger partial charge in [0.2, 0.25) is 0 Å². The van der Waals surface area contributed by atoms with Crippen LogP contribution in [0.3, 0.4) is 0 Å². The number of aryl methyl sites for hydroxylation is 1. The number of nitrogens with zero attached hydrogens (tertiary/aromatic N) is 3. The van der Waals surface area contributed by atoms with Crippen molar-refractivity contribution in [1.29, 1.82) is 5.26 Å². The van der Waals surface area contributed by atoms with Gasteiger partial charge in [0.05, 0.1) is 11.6 Å². The Bertz CT molecular complexity index is 1030. The van der Waals surface area contributed by atoms with Gasteiger partial charge in [-0.1, -0.05) is 0 Å². The third-order valence-corrected chi connectivity index (χ3v) is 4.85. The van der Waals surface area contributed by atoms with E-state index in [4.69, 9.17) is 17.5 Å². The number of aromatic nitrogens is 1. The molecule has 1 aliphatic heterocycles. The van der Waals surface area contributed by atoms with Crippen LogP contribution < -0.4 is 5.32 Å². The van der Waals surface area contributed by atoms with Crippen LogP contribution in [-0.4, -0.2) is 32.9 Å². The molecular formula is C20H18N4O2S. The molecule has 1 N–H and O–H groups in total. The molecule has 1 fully saturated rings. The third kappa shape index (κ3) is 3.27. The van der Waals surface area contributed by atoms with Gasteiger partial charge in [-0.15, -0.1) is 0 Å². The maximum Gasteiger partial charge on any atom is 0.265 e. The smallest absolute Gasteiger partial charge is 0.265 e. The van der Waals surface area contributed by atoms with Gasteiger partial charge in [-0.25, -0.2) is 0 Å². The van der Waals surface area contributed by atoms with Crippen molar-refractivity contribution in [2.75, 3.05) is 6.54 Å². The molecule has 1 aromatic carbocycles. The lowest BCUT2D eigenvalue weighted by atomic mass is 10.1. The van der Waals surface area contributed by atoms with Crippen molar-refractivity contribution in [1.82, 2.24) is 14.8 Å². The fourth-order valence-electron chi connectivity index (χ4n) is 3.15. The van der Waals surface area contributed by atoms with Crippen LogP contribution in [0.25, 0.3) is 11.8 Å². The maximum absolute atomic E-state index is 12.6. The van der Waals surface area contributed by atoms with Gasteiger partial charge in [0.25, 0.3) is 11.8 Å². The fourth-order valence-corrected chi connectivity index (χ4v) is 3.46. The minimum atomic E-state index is -0.488. The Balaban J connectivity index is 2.04. The first-order chi connectivity index (χ1) is 12.9. The van der Waals surface area contributed by atoms with E-state index in [2.05, 4.69) is 11.4 Å². The molecule has 0 radical (unpaired) electrons. The molecule has 7 heteroatoms. The van der Waals surface area contributed by atoms with Crippen LogP contribution in [0.1, 0.15) is 29.4 Å². The molecule has 0 atom stereocenters. The van der Waals surface area contributed by atoms with Gasteiger partial charge in [-0.05, 0) is 75.0 Å². The molecule has 1 saturated heterocycles. The lowest BCUT2D eigenvalue weighted by Gasteiger charge is -2.27. The van der Waals surface area contributed by atoms with E-state index in [1.54, 1.807) is 25.1 Å². The highest BCUT2D eigenvalue weighted by atomic mass is 32.1. The minimum Gasteiger partial charge on any atom is -0.318 e. The number of rotatable bonds is 3. The number of thiocarbonyl (C=S) groups is 1. The summed E-state index contributed by atoms with van der Waals surface area (Å²) in [7, 11) is 0. The average Bonchev–Trinajstić information content (AvgIpc) is 2.92. The first kappa shape index (κ1) is 18.5. The molecule has 6 nitrogen and oxygen atoms in total. The van der Waals surface area contributed by atoms with Crippen LogP contribution in [-0.2, 0) is 9.59 Å². The number of hydrogen-bond donors (Lipinski definition) is 1.